The molecule has 0 aromatic carbocycles. The van der Waals surface area contributed by atoms with Gasteiger partial charge in [-0.25, -0.2) is 4.79 Å². The number of Topliss-reactive ketones (excluding diaryl/α,β-unsaturated/α-hetero) is 2. The van der Waals surface area contributed by atoms with Crippen LogP contribution in [0.5, 0.6) is 0 Å². The number of amides is 1. The summed E-state index contributed by atoms with van der Waals surface area (Å²) in [5.74, 6) is -7.26. The monoisotopic (exact) mass is 916 g/mol. The van der Waals surface area contributed by atoms with Crippen LogP contribution >= 0.6 is 0 Å². The van der Waals surface area contributed by atoms with Crippen LogP contribution in [0.3, 0.4) is 0 Å². The van der Waals surface area contributed by atoms with Gasteiger partial charge in [-0.1, -0.05) is 71.1 Å². The maximum Gasteiger partial charge on any atom is 0.329 e. The van der Waals surface area contributed by atoms with E-state index in [0.717, 1.165) is 12.0 Å². The zero-order valence-corrected chi connectivity index (χ0v) is 40.7. The van der Waals surface area contributed by atoms with Gasteiger partial charge in [0.15, 0.2) is 5.78 Å². The largest absolute Gasteiger partial charge is 0.460 e. The van der Waals surface area contributed by atoms with Gasteiger partial charge in [-0.15, -0.1) is 0 Å². The topological polar surface area (TPSA) is 199 Å². The summed E-state index contributed by atoms with van der Waals surface area (Å²) in [5.41, 5.74) is 1.33. The molecule has 3 fully saturated rings. The Kier molecular flexibility index (Phi) is 21.3. The van der Waals surface area contributed by atoms with Gasteiger partial charge in [0.05, 0.1) is 30.5 Å². The summed E-state index contributed by atoms with van der Waals surface area (Å²) in [6.07, 6.45) is 10.9. The highest BCUT2D eigenvalue weighted by atomic mass is 16.6. The van der Waals surface area contributed by atoms with Crippen molar-refractivity contribution in [3.8, 4) is 0 Å². The quantitative estimate of drug-likeness (QED) is 0.138. The number of ketones is 2. The van der Waals surface area contributed by atoms with E-state index in [4.69, 9.17) is 23.7 Å². The van der Waals surface area contributed by atoms with Gasteiger partial charge in [0, 0.05) is 58.5 Å². The first kappa shape index (κ1) is 54.5. The number of methoxy groups -OCH3 is 3. The fraction of sp³-hybridized carbons (Fsp3) is 0.765. The van der Waals surface area contributed by atoms with Crippen molar-refractivity contribution in [2.75, 3.05) is 27.9 Å². The molecule has 4 aliphatic rings. The van der Waals surface area contributed by atoms with Crippen molar-refractivity contribution < 1.29 is 63.3 Å². The second kappa shape index (κ2) is 25.3. The average molecular weight is 916 g/mol. The Morgan fingerprint density at radius 3 is 2.22 bits per heavy atom. The van der Waals surface area contributed by atoms with Crippen LogP contribution < -0.4 is 0 Å². The summed E-state index contributed by atoms with van der Waals surface area (Å²) in [7, 11) is 4.55. The molecule has 2 bridgehead atoms. The van der Waals surface area contributed by atoms with E-state index >= 15 is 0 Å². The minimum absolute atomic E-state index is 0.0183. The normalized spacial score (nSPS) is 41.5. The first-order chi connectivity index (χ1) is 30.7. The number of esters is 1. The van der Waals surface area contributed by atoms with Crippen LogP contribution in [0.1, 0.15) is 126 Å². The molecule has 4 rings (SSSR count). The molecule has 4 N–H and O–H groups in total. The number of carbonyl (C=O) groups excluding carboxylic acids is 4. The van der Waals surface area contributed by atoms with E-state index in [1.54, 1.807) is 41.1 Å². The maximum atomic E-state index is 14.4. The number of piperidine rings is 1. The molecule has 1 aliphatic carbocycles. The Labute approximate surface area is 387 Å². The molecular formula is C51H81NO13. The Balaban J connectivity index is 1.70. The van der Waals surface area contributed by atoms with Gasteiger partial charge in [-0.2, -0.15) is 0 Å². The van der Waals surface area contributed by atoms with Gasteiger partial charge in [-0.05, 0) is 107 Å². The highest BCUT2D eigenvalue weighted by molar-refractivity contribution is 6.39. The van der Waals surface area contributed by atoms with Gasteiger partial charge in [0.1, 0.15) is 24.4 Å². The molecule has 0 radical (unpaired) electrons. The summed E-state index contributed by atoms with van der Waals surface area (Å²) in [4.78, 5) is 57.8. The number of hydrogen-bond donors (Lipinski definition) is 4. The molecule has 3 aliphatic heterocycles. The molecular weight excluding hydrogens is 835 g/mol. The van der Waals surface area contributed by atoms with E-state index in [0.29, 0.717) is 63.4 Å². The molecule has 16 atom stereocenters. The molecule has 0 aromatic heterocycles. The molecule has 1 amide bonds. The summed E-state index contributed by atoms with van der Waals surface area (Å²) in [6.45, 7) is 13.0. The number of ether oxygens (including phenoxy) is 5. The number of fused-ring (bicyclic) bond motifs is 3. The fourth-order valence-electron chi connectivity index (χ4n) is 10.3. The van der Waals surface area contributed by atoms with Crippen LogP contribution in [0.2, 0.25) is 0 Å². The molecule has 65 heavy (non-hydrogen) atoms. The Morgan fingerprint density at radius 2 is 1.54 bits per heavy atom. The van der Waals surface area contributed by atoms with E-state index in [1.165, 1.54) is 12.0 Å². The lowest BCUT2D eigenvalue weighted by molar-refractivity contribution is -0.265. The molecule has 368 valence electrons. The summed E-state index contributed by atoms with van der Waals surface area (Å²) in [5, 5.41) is 45.7. The highest BCUT2D eigenvalue weighted by Crippen LogP contribution is 2.38. The van der Waals surface area contributed by atoms with E-state index in [9.17, 15) is 39.6 Å². The molecule has 0 aromatic rings. The molecule has 14 nitrogen and oxygen atoms in total. The van der Waals surface area contributed by atoms with Crippen LogP contribution in [0.4, 0.5) is 0 Å². The number of carbonyl (C=O) groups is 4. The predicted molar refractivity (Wildman–Crippen MR) is 246 cm³/mol. The molecule has 2 saturated heterocycles. The highest BCUT2D eigenvalue weighted by Gasteiger charge is 2.53. The Bertz CT molecular complexity index is 1710. The van der Waals surface area contributed by atoms with Crippen LogP contribution in [-0.2, 0) is 42.9 Å². The first-order valence-electron chi connectivity index (χ1n) is 24.1. The van der Waals surface area contributed by atoms with Crippen molar-refractivity contribution >= 4 is 23.4 Å². The van der Waals surface area contributed by atoms with Gasteiger partial charge >= 0.3 is 5.97 Å². The summed E-state index contributed by atoms with van der Waals surface area (Å²) < 4.78 is 29.5. The zero-order chi connectivity index (χ0) is 48.2. The van der Waals surface area contributed by atoms with Crippen molar-refractivity contribution in [2.45, 2.75) is 186 Å². The third-order valence-corrected chi connectivity index (χ3v) is 14.7. The lowest BCUT2D eigenvalue weighted by atomic mass is 9.78. The minimum Gasteiger partial charge on any atom is -0.460 e. The van der Waals surface area contributed by atoms with Gasteiger partial charge < -0.3 is 49.0 Å². The number of allylic oxidation sites excluding steroid dienone is 5. The number of nitrogens with zero attached hydrogens (tertiary/aromatic N) is 1. The van der Waals surface area contributed by atoms with Crippen LogP contribution in [-0.4, -0.2) is 137 Å². The maximum absolute atomic E-state index is 14.4. The molecule has 1 unspecified atom stereocenters. The van der Waals surface area contributed by atoms with Crippen molar-refractivity contribution in [1.29, 1.82) is 0 Å². The van der Waals surface area contributed by atoms with Crippen LogP contribution in [0, 0.1) is 35.5 Å². The number of hydrogen-bond acceptors (Lipinski definition) is 13. The van der Waals surface area contributed by atoms with Crippen molar-refractivity contribution in [1.82, 2.24) is 4.90 Å². The molecule has 14 heteroatoms. The van der Waals surface area contributed by atoms with Crippen molar-refractivity contribution in [3.63, 3.8) is 0 Å². The van der Waals surface area contributed by atoms with Crippen LogP contribution in [0.15, 0.2) is 47.6 Å². The first-order valence-corrected chi connectivity index (χ1v) is 24.1. The molecule has 1 saturated carbocycles. The smallest absolute Gasteiger partial charge is 0.329 e. The SMILES string of the molecule is CO[C@H]1C[C@@H]2CC[C@@H](C)[C@@](O)(O2)C(=O)C(=O)N2CCCC[C@H]2C(=O)O[C@H]([C@H](C)C[C@@H]2CC[C@@H](O)[C@H](OC)C2)CC(O)[C@H](C)/C=C(\C)[C@@H](O)[C@@H](OC)C(=O)[C@H](C)C[C@H](C)\C=C/C=C/C=C/1C. The third-order valence-electron chi connectivity index (χ3n) is 14.7. The van der Waals surface area contributed by atoms with Gasteiger partial charge in [-0.3, -0.25) is 14.4 Å². The second-order valence-electron chi connectivity index (χ2n) is 19.8. The third kappa shape index (κ3) is 14.5. The summed E-state index contributed by atoms with van der Waals surface area (Å²) in [6, 6.07) is -1.11. The number of aliphatic hydroxyl groups excluding tert-OH is 3. The number of aliphatic hydroxyl groups is 4. The Hall–Kier alpha value is -3.08. The number of rotatable bonds is 6. The summed E-state index contributed by atoms with van der Waals surface area (Å²) >= 11 is 0. The number of cyclic esters (lactones) is 1. The van der Waals surface area contributed by atoms with E-state index in [-0.39, 0.29) is 49.0 Å². The van der Waals surface area contributed by atoms with Crippen molar-refractivity contribution in [2.24, 2.45) is 35.5 Å². The van der Waals surface area contributed by atoms with Crippen molar-refractivity contribution in [3.05, 3.63) is 47.6 Å². The van der Waals surface area contributed by atoms with E-state index in [1.807, 2.05) is 58.1 Å². The predicted octanol–water partition coefficient (Wildman–Crippen LogP) is 5.97. The average Bonchev–Trinajstić information content (AvgIpc) is 3.28. The van der Waals surface area contributed by atoms with Crippen LogP contribution in [0.25, 0.3) is 0 Å². The van der Waals surface area contributed by atoms with E-state index in [2.05, 4.69) is 0 Å². The van der Waals surface area contributed by atoms with E-state index < -0.39 is 90.0 Å². The lowest BCUT2D eigenvalue weighted by Crippen LogP contribution is -2.61. The fourth-order valence-corrected chi connectivity index (χ4v) is 10.3. The molecule has 3 heterocycles. The Morgan fingerprint density at radius 1 is 0.815 bits per heavy atom. The zero-order valence-electron chi connectivity index (χ0n) is 40.7. The standard InChI is InChI=1S/C51H81NO13/c1-30-16-12-11-13-17-31(2)42(61-8)28-38-21-19-36(7)51(60,65-38)48(57)49(58)52-23-15-14-18-39(52)50(59)64-43(33(4)26-37-20-22-40(53)44(27-37)62-9)29-41(54)32(3)25-35(6)46(56)47(63-10)45(55)34(5)24-30/h11-13,16-17,25,30,32-34,36-44,46-47,53-54,56,60H,14-15,18-24,26-29H2,1-10H3/b13-11+,16-12-,31-17+,35-25+/t30-,32-,33-,34-,36-,37+,38+,39+,40-,41?,42+,43+,44-,46-,47+,51-/m1/s1. The van der Waals surface area contributed by atoms with Gasteiger partial charge in [0.25, 0.3) is 11.7 Å². The molecule has 0 spiro atoms. The second-order valence-corrected chi connectivity index (χ2v) is 19.8. The minimum atomic E-state index is -2.42. The lowest BCUT2D eigenvalue weighted by Gasteiger charge is -2.43. The van der Waals surface area contributed by atoms with Gasteiger partial charge in [0.2, 0.25) is 5.79 Å².